The Balaban J connectivity index is 1.60. The molecular formula is C23H20N6O2. The molecule has 4 aromatic rings. The number of nitrogens with zero attached hydrogens (tertiary/aromatic N) is 5. The summed E-state index contributed by atoms with van der Waals surface area (Å²) < 4.78 is 7.50. The van der Waals surface area contributed by atoms with Crippen molar-refractivity contribution >= 4 is 17.0 Å². The monoisotopic (exact) mass is 412 g/mol. The first-order chi connectivity index (χ1) is 15.1. The quantitative estimate of drug-likeness (QED) is 0.497. The van der Waals surface area contributed by atoms with Crippen LogP contribution in [-0.2, 0) is 12.0 Å². The topological polar surface area (TPSA) is 112 Å². The summed E-state index contributed by atoms with van der Waals surface area (Å²) in [5.41, 5.74) is 8.45. The summed E-state index contributed by atoms with van der Waals surface area (Å²) in [4.78, 5) is 17.2. The summed E-state index contributed by atoms with van der Waals surface area (Å²) in [7, 11) is 0. The number of nitrogen functional groups attached to an aromatic ring is 1. The Morgan fingerprint density at radius 3 is 2.94 bits per heavy atom. The smallest absolute Gasteiger partial charge is 0.303 e. The van der Waals surface area contributed by atoms with Crippen LogP contribution in [-0.4, -0.2) is 36.2 Å². The zero-order valence-electron chi connectivity index (χ0n) is 16.9. The Morgan fingerprint density at radius 2 is 2.10 bits per heavy atom. The summed E-state index contributed by atoms with van der Waals surface area (Å²) in [5.74, 6) is 6.86. The minimum atomic E-state index is -1.25. The van der Waals surface area contributed by atoms with Gasteiger partial charge in [-0.1, -0.05) is 17.9 Å². The van der Waals surface area contributed by atoms with Crippen LogP contribution in [0.4, 0.5) is 5.95 Å². The van der Waals surface area contributed by atoms with Crippen LogP contribution in [0.3, 0.4) is 0 Å². The Morgan fingerprint density at radius 1 is 1.19 bits per heavy atom. The number of aliphatic hydroxyl groups is 1. The van der Waals surface area contributed by atoms with Crippen LogP contribution in [0.25, 0.3) is 16.9 Å². The van der Waals surface area contributed by atoms with Crippen molar-refractivity contribution in [3.63, 3.8) is 0 Å². The first-order valence-electron chi connectivity index (χ1n) is 10.0. The normalized spacial score (nSPS) is 17.2. The molecule has 0 amide bonds. The van der Waals surface area contributed by atoms with Gasteiger partial charge in [0, 0.05) is 24.0 Å². The molecule has 0 bridgehead atoms. The molecule has 0 spiro atoms. The van der Waals surface area contributed by atoms with Crippen molar-refractivity contribution in [2.75, 3.05) is 12.3 Å². The molecule has 0 saturated carbocycles. The molecule has 0 radical (unpaired) electrons. The van der Waals surface area contributed by atoms with E-state index in [-0.39, 0.29) is 5.95 Å². The number of ether oxygens (including phenoxy) is 1. The number of aryl methyl sites for hydroxylation is 1. The van der Waals surface area contributed by atoms with Crippen molar-refractivity contribution < 1.29 is 9.84 Å². The molecule has 0 fully saturated rings. The van der Waals surface area contributed by atoms with E-state index in [9.17, 15) is 5.11 Å². The molecular weight excluding hydrogens is 392 g/mol. The van der Waals surface area contributed by atoms with E-state index in [2.05, 4.69) is 31.8 Å². The standard InChI is InChI=1S/C23H20N6O2/c1-2-31-22-27-17-6-5-15(14-18(17)29(22)19-9-13-26-21(24)28-19)7-10-23(30)11-8-16-4-3-12-25-20(16)23/h3-6,9,12-14,30H,2,8,11H2,1H3,(H2,24,26,28). The van der Waals surface area contributed by atoms with Crippen LogP contribution in [0.2, 0.25) is 0 Å². The van der Waals surface area contributed by atoms with Crippen LogP contribution < -0.4 is 10.5 Å². The zero-order valence-corrected chi connectivity index (χ0v) is 16.9. The Kier molecular flexibility index (Phi) is 4.53. The second-order valence-corrected chi connectivity index (χ2v) is 7.26. The number of nitrogens with two attached hydrogens (primary N) is 1. The lowest BCUT2D eigenvalue weighted by molar-refractivity contribution is 0.0982. The van der Waals surface area contributed by atoms with E-state index in [0.29, 0.717) is 30.5 Å². The molecule has 5 rings (SSSR count). The van der Waals surface area contributed by atoms with Crippen molar-refractivity contribution in [2.45, 2.75) is 25.4 Å². The number of fused-ring (bicyclic) bond motifs is 2. The van der Waals surface area contributed by atoms with Crippen LogP contribution in [0.15, 0.2) is 48.8 Å². The lowest BCUT2D eigenvalue weighted by Crippen LogP contribution is -2.20. The molecule has 3 heterocycles. The minimum Gasteiger partial charge on any atom is -0.465 e. The second-order valence-electron chi connectivity index (χ2n) is 7.26. The Hall–Kier alpha value is -3.96. The fourth-order valence-electron chi connectivity index (χ4n) is 3.81. The van der Waals surface area contributed by atoms with Gasteiger partial charge in [-0.15, -0.1) is 0 Å². The SMILES string of the molecule is CCOc1nc2ccc(C#CC3(O)CCc4cccnc43)cc2n1-c1ccnc(N)n1. The average molecular weight is 412 g/mol. The van der Waals surface area contributed by atoms with Crippen molar-refractivity contribution in [3.8, 4) is 23.7 Å². The van der Waals surface area contributed by atoms with E-state index in [0.717, 1.165) is 28.6 Å². The molecule has 154 valence electrons. The highest BCUT2D eigenvalue weighted by Crippen LogP contribution is 2.34. The lowest BCUT2D eigenvalue weighted by Gasteiger charge is -2.15. The molecule has 8 nitrogen and oxygen atoms in total. The van der Waals surface area contributed by atoms with Gasteiger partial charge in [0.15, 0.2) is 5.60 Å². The summed E-state index contributed by atoms with van der Waals surface area (Å²) in [6.45, 7) is 2.35. The Labute approximate surface area is 178 Å². The minimum absolute atomic E-state index is 0.160. The molecule has 1 aromatic carbocycles. The summed E-state index contributed by atoms with van der Waals surface area (Å²) >= 11 is 0. The predicted molar refractivity (Wildman–Crippen MR) is 116 cm³/mol. The Bertz CT molecular complexity index is 1350. The van der Waals surface area contributed by atoms with Gasteiger partial charge in [-0.25, -0.2) is 9.55 Å². The van der Waals surface area contributed by atoms with E-state index in [1.807, 2.05) is 37.3 Å². The zero-order chi connectivity index (χ0) is 21.4. The average Bonchev–Trinajstić information content (AvgIpc) is 3.30. The van der Waals surface area contributed by atoms with Gasteiger partial charge >= 0.3 is 6.01 Å². The first-order valence-corrected chi connectivity index (χ1v) is 10.0. The maximum absolute atomic E-state index is 11.1. The van der Waals surface area contributed by atoms with Crippen LogP contribution in [0, 0.1) is 11.8 Å². The molecule has 1 aliphatic carbocycles. The third-order valence-corrected chi connectivity index (χ3v) is 5.24. The third kappa shape index (κ3) is 3.35. The molecule has 3 aromatic heterocycles. The van der Waals surface area contributed by atoms with Crippen molar-refractivity contribution in [1.29, 1.82) is 0 Å². The maximum Gasteiger partial charge on any atom is 0.303 e. The summed E-state index contributed by atoms with van der Waals surface area (Å²) in [6, 6.07) is 11.6. The van der Waals surface area contributed by atoms with Gasteiger partial charge in [0.25, 0.3) is 0 Å². The number of hydrogen-bond donors (Lipinski definition) is 2. The molecule has 31 heavy (non-hydrogen) atoms. The van der Waals surface area contributed by atoms with Gasteiger partial charge in [-0.2, -0.15) is 9.97 Å². The molecule has 3 N–H and O–H groups in total. The highest BCUT2D eigenvalue weighted by molar-refractivity contribution is 5.80. The first kappa shape index (κ1) is 19.0. The fourth-order valence-corrected chi connectivity index (χ4v) is 3.81. The highest BCUT2D eigenvalue weighted by Gasteiger charge is 2.36. The van der Waals surface area contributed by atoms with Gasteiger partial charge in [-0.05, 0) is 49.6 Å². The van der Waals surface area contributed by atoms with Gasteiger partial charge in [-0.3, -0.25) is 4.98 Å². The molecule has 0 saturated heterocycles. The molecule has 0 aliphatic heterocycles. The van der Waals surface area contributed by atoms with E-state index < -0.39 is 5.60 Å². The molecule has 1 unspecified atom stereocenters. The third-order valence-electron chi connectivity index (χ3n) is 5.24. The lowest BCUT2D eigenvalue weighted by atomic mass is 10.0. The molecule has 1 atom stereocenters. The summed E-state index contributed by atoms with van der Waals surface area (Å²) in [6.07, 6.45) is 4.56. The number of rotatable bonds is 3. The number of anilines is 1. The number of benzene rings is 1. The van der Waals surface area contributed by atoms with Crippen LogP contribution >= 0.6 is 0 Å². The number of pyridine rings is 1. The van der Waals surface area contributed by atoms with Crippen LogP contribution in [0.5, 0.6) is 6.01 Å². The van der Waals surface area contributed by atoms with E-state index in [1.165, 1.54) is 0 Å². The number of aromatic nitrogens is 5. The van der Waals surface area contributed by atoms with Crippen molar-refractivity contribution in [1.82, 2.24) is 24.5 Å². The second kappa shape index (κ2) is 7.38. The number of hydrogen-bond acceptors (Lipinski definition) is 7. The van der Waals surface area contributed by atoms with Gasteiger partial charge in [0.2, 0.25) is 5.95 Å². The van der Waals surface area contributed by atoms with Gasteiger partial charge < -0.3 is 15.6 Å². The molecule has 8 heteroatoms. The van der Waals surface area contributed by atoms with E-state index in [4.69, 9.17) is 10.5 Å². The van der Waals surface area contributed by atoms with Gasteiger partial charge in [0.1, 0.15) is 5.82 Å². The van der Waals surface area contributed by atoms with E-state index in [1.54, 1.807) is 23.0 Å². The van der Waals surface area contributed by atoms with Crippen molar-refractivity contribution in [2.24, 2.45) is 0 Å². The van der Waals surface area contributed by atoms with Crippen molar-refractivity contribution in [3.05, 3.63) is 65.6 Å². The summed E-state index contributed by atoms with van der Waals surface area (Å²) in [5, 5.41) is 11.1. The van der Waals surface area contributed by atoms with E-state index >= 15 is 0 Å². The predicted octanol–water partition coefficient (Wildman–Crippen LogP) is 2.38. The highest BCUT2D eigenvalue weighted by atomic mass is 16.5. The van der Waals surface area contributed by atoms with Gasteiger partial charge in [0.05, 0.1) is 23.3 Å². The van der Waals surface area contributed by atoms with Crippen LogP contribution in [0.1, 0.15) is 30.2 Å². The molecule has 1 aliphatic rings. The largest absolute Gasteiger partial charge is 0.465 e. The number of imidazole rings is 1. The fraction of sp³-hybridized carbons (Fsp3) is 0.217. The maximum atomic E-state index is 11.1.